The molecule has 0 fully saturated rings. The van der Waals surface area contributed by atoms with Gasteiger partial charge in [0.05, 0.1) is 19.5 Å². The zero-order valence-corrected chi connectivity index (χ0v) is 15.6. The number of ether oxygens (including phenoxy) is 1. The second kappa shape index (κ2) is 8.73. The second-order valence-electron chi connectivity index (χ2n) is 5.16. The van der Waals surface area contributed by atoms with E-state index in [2.05, 4.69) is 23.8 Å². The third-order valence-corrected chi connectivity index (χ3v) is 5.23. The van der Waals surface area contributed by atoms with E-state index in [0.717, 1.165) is 10.9 Å². The van der Waals surface area contributed by atoms with E-state index in [-0.39, 0.29) is 17.1 Å². The number of aliphatic hydroxyl groups excluding tert-OH is 1. The van der Waals surface area contributed by atoms with Crippen molar-refractivity contribution in [3.8, 4) is 0 Å². The largest absolute Gasteiger partial charge is 0.481 e. The number of halogens is 1. The van der Waals surface area contributed by atoms with Crippen molar-refractivity contribution in [1.29, 1.82) is 0 Å². The van der Waals surface area contributed by atoms with Gasteiger partial charge in [0.1, 0.15) is 12.8 Å². The van der Waals surface area contributed by atoms with E-state index in [0.29, 0.717) is 0 Å². The number of aromatic amines is 1. The second-order valence-corrected chi connectivity index (χ2v) is 7.99. The highest BCUT2D eigenvalue weighted by atomic mass is 31.3. The number of phosphoric acid groups is 2. The van der Waals surface area contributed by atoms with E-state index in [1.807, 2.05) is 0 Å². The Hall–Kier alpha value is -1.74. The summed E-state index contributed by atoms with van der Waals surface area (Å²) < 4.78 is 49.6. The normalized spacial score (nSPS) is 16.8. The van der Waals surface area contributed by atoms with Crippen LogP contribution in [0.1, 0.15) is 6.23 Å². The fourth-order valence-corrected chi connectivity index (χ4v) is 3.64. The minimum absolute atomic E-state index is 0.126. The van der Waals surface area contributed by atoms with Gasteiger partial charge < -0.3 is 30.3 Å². The van der Waals surface area contributed by atoms with E-state index >= 15 is 0 Å². The van der Waals surface area contributed by atoms with Crippen molar-refractivity contribution in [2.45, 2.75) is 12.3 Å². The molecule has 2 heterocycles. The van der Waals surface area contributed by atoms with Gasteiger partial charge in [0, 0.05) is 0 Å². The smallest absolute Gasteiger partial charge is 0.394 e. The van der Waals surface area contributed by atoms with Crippen LogP contribution in [-0.4, -0.2) is 65.3 Å². The highest BCUT2D eigenvalue weighted by molar-refractivity contribution is 7.60. The van der Waals surface area contributed by atoms with E-state index < -0.39 is 53.4 Å². The van der Waals surface area contributed by atoms with Crippen LogP contribution in [0.15, 0.2) is 11.1 Å². The van der Waals surface area contributed by atoms with Crippen molar-refractivity contribution in [3.63, 3.8) is 0 Å². The van der Waals surface area contributed by atoms with Gasteiger partial charge in [-0.15, -0.1) is 0 Å². The van der Waals surface area contributed by atoms with Crippen LogP contribution < -0.4 is 11.3 Å². The molecule has 0 bridgehead atoms. The van der Waals surface area contributed by atoms with Gasteiger partial charge >= 0.3 is 15.6 Å². The lowest BCUT2D eigenvalue weighted by atomic mass is 10.4. The number of nitrogen functional groups attached to an aromatic ring is 1. The summed E-state index contributed by atoms with van der Waals surface area (Å²) in [6.07, 6.45) is -1.90. The first kappa shape index (κ1) is 22.5. The number of aliphatic hydroxyl groups is 1. The minimum Gasteiger partial charge on any atom is -0.394 e. The molecule has 2 rings (SSSR count). The number of imidazole rings is 1. The van der Waals surface area contributed by atoms with Crippen molar-refractivity contribution < 1.29 is 46.9 Å². The van der Waals surface area contributed by atoms with Crippen molar-refractivity contribution in [2.24, 2.45) is 0 Å². The first-order chi connectivity index (χ1) is 13.0. The minimum atomic E-state index is -5.33. The van der Waals surface area contributed by atoms with Crippen LogP contribution >= 0.6 is 15.6 Å². The number of phosphoric ester groups is 1. The maximum Gasteiger partial charge on any atom is 0.481 e. The summed E-state index contributed by atoms with van der Waals surface area (Å²) in [7, 11) is -10.5. The standard InChI is InChI=1S/C10H16FN5O10P2/c11-1-6(16-4-13-7-8(16)14-10(12)15-9(7)18)25-5(2-17)3-24-28(22,23)26-27(19,20)21/h4-6,17H,1-3H2,(H,22,23)(H2,19,20,21)(H3,12,14,15,18)/t5-,6+/m0/s1. The molecule has 28 heavy (non-hydrogen) atoms. The summed E-state index contributed by atoms with van der Waals surface area (Å²) in [6.45, 7) is -2.94. The van der Waals surface area contributed by atoms with Gasteiger partial charge in [-0.1, -0.05) is 0 Å². The number of H-pyrrole nitrogens is 1. The molecule has 18 heteroatoms. The summed E-state index contributed by atoms with van der Waals surface area (Å²) >= 11 is 0. The van der Waals surface area contributed by atoms with Gasteiger partial charge in [0.25, 0.3) is 5.56 Å². The van der Waals surface area contributed by atoms with Crippen LogP contribution in [0.3, 0.4) is 0 Å². The van der Waals surface area contributed by atoms with Gasteiger partial charge in [-0.25, -0.2) is 18.5 Å². The molecule has 15 nitrogen and oxygen atoms in total. The third-order valence-electron chi connectivity index (χ3n) is 3.08. The fourth-order valence-electron chi connectivity index (χ4n) is 2.02. The zero-order valence-electron chi connectivity index (χ0n) is 13.8. The van der Waals surface area contributed by atoms with Crippen molar-refractivity contribution in [2.75, 3.05) is 25.6 Å². The highest BCUT2D eigenvalue weighted by Crippen LogP contribution is 2.57. The predicted octanol–water partition coefficient (Wildman–Crippen LogP) is -1.23. The first-order valence-corrected chi connectivity index (χ1v) is 10.3. The summed E-state index contributed by atoms with van der Waals surface area (Å²) in [4.78, 5) is 47.8. The van der Waals surface area contributed by atoms with Crippen molar-refractivity contribution in [3.05, 3.63) is 16.7 Å². The zero-order chi connectivity index (χ0) is 21.1. The molecule has 0 aliphatic carbocycles. The van der Waals surface area contributed by atoms with Crippen LogP contribution in [0.2, 0.25) is 0 Å². The molecule has 3 atom stereocenters. The van der Waals surface area contributed by atoms with Crippen molar-refractivity contribution in [1.82, 2.24) is 19.5 Å². The number of hydrogen-bond acceptors (Lipinski definition) is 10. The number of alkyl halides is 1. The lowest BCUT2D eigenvalue weighted by molar-refractivity contribution is -0.0985. The molecule has 0 aliphatic heterocycles. The monoisotopic (exact) mass is 447 g/mol. The lowest BCUT2D eigenvalue weighted by Crippen LogP contribution is -2.29. The number of nitrogens with one attached hydrogen (secondary N) is 1. The van der Waals surface area contributed by atoms with E-state index in [9.17, 15) is 28.3 Å². The molecule has 0 aliphatic rings. The van der Waals surface area contributed by atoms with Crippen LogP contribution in [0, 0.1) is 0 Å². The molecule has 0 radical (unpaired) electrons. The average Bonchev–Trinajstić information content (AvgIpc) is 2.97. The number of rotatable bonds is 10. The Labute approximate surface area is 154 Å². The average molecular weight is 447 g/mol. The molecule has 0 saturated carbocycles. The SMILES string of the molecule is Nc1nc2c(ncn2[C@@H](CF)O[C@@H](CO)COP(=O)(O)OP(=O)(O)O)c(=O)[nH]1. The molecule has 0 spiro atoms. The van der Waals surface area contributed by atoms with Crippen LogP contribution in [0.4, 0.5) is 10.3 Å². The summed E-state index contributed by atoms with van der Waals surface area (Å²) in [5.74, 6) is -0.269. The number of nitrogens with two attached hydrogens (primary N) is 1. The molecule has 0 amide bonds. The molecular weight excluding hydrogens is 431 g/mol. The van der Waals surface area contributed by atoms with Gasteiger partial charge in [0.15, 0.2) is 17.4 Å². The number of anilines is 1. The third kappa shape index (κ3) is 5.88. The quantitative estimate of drug-likeness (QED) is 0.235. The molecule has 0 aromatic carbocycles. The molecule has 7 N–H and O–H groups in total. The Kier molecular flexibility index (Phi) is 7.03. The number of aromatic nitrogens is 4. The molecule has 2 aromatic heterocycles. The first-order valence-electron chi connectivity index (χ1n) is 7.24. The molecule has 158 valence electrons. The molecule has 2 aromatic rings. The topological polar surface area (TPSA) is 232 Å². The molecular formula is C10H16FN5O10P2. The van der Waals surface area contributed by atoms with E-state index in [4.69, 9.17) is 20.3 Å². The van der Waals surface area contributed by atoms with Gasteiger partial charge in [-0.2, -0.15) is 9.29 Å². The number of hydrogen-bond donors (Lipinski definition) is 6. The summed E-state index contributed by atoms with van der Waals surface area (Å²) in [6, 6.07) is 0. The van der Waals surface area contributed by atoms with Crippen LogP contribution in [0.25, 0.3) is 11.2 Å². The maximum absolute atomic E-state index is 13.5. The van der Waals surface area contributed by atoms with Gasteiger partial charge in [0.2, 0.25) is 5.95 Å². The van der Waals surface area contributed by atoms with E-state index in [1.165, 1.54) is 0 Å². The molecule has 0 saturated heterocycles. The Morgan fingerprint density at radius 1 is 1.36 bits per heavy atom. The molecule has 1 unspecified atom stereocenters. The Morgan fingerprint density at radius 2 is 2.04 bits per heavy atom. The Bertz CT molecular complexity index is 975. The Morgan fingerprint density at radius 3 is 2.61 bits per heavy atom. The Balaban J connectivity index is 2.16. The highest BCUT2D eigenvalue weighted by Gasteiger charge is 2.33. The van der Waals surface area contributed by atoms with E-state index in [1.54, 1.807) is 0 Å². The van der Waals surface area contributed by atoms with Gasteiger partial charge in [-0.05, 0) is 0 Å². The summed E-state index contributed by atoms with van der Waals surface area (Å²) in [5.41, 5.74) is 4.46. The fraction of sp³-hybridized carbons (Fsp3) is 0.500. The van der Waals surface area contributed by atoms with Crippen molar-refractivity contribution >= 4 is 32.8 Å². The van der Waals surface area contributed by atoms with Gasteiger partial charge in [-0.3, -0.25) is 18.9 Å². The summed E-state index contributed by atoms with van der Waals surface area (Å²) in [5, 5.41) is 9.29. The number of nitrogens with zero attached hydrogens (tertiary/aromatic N) is 3. The predicted molar refractivity (Wildman–Crippen MR) is 88.4 cm³/mol. The maximum atomic E-state index is 13.5. The number of fused-ring (bicyclic) bond motifs is 1. The van der Waals surface area contributed by atoms with Crippen LogP contribution in [-0.2, 0) is 22.7 Å². The lowest BCUT2D eigenvalue weighted by Gasteiger charge is -2.23. The van der Waals surface area contributed by atoms with Crippen LogP contribution in [0.5, 0.6) is 0 Å².